The molecule has 0 aliphatic heterocycles. The van der Waals surface area contributed by atoms with Crippen LogP contribution in [0.4, 0.5) is 5.82 Å². The van der Waals surface area contributed by atoms with Crippen LogP contribution in [0.2, 0.25) is 0 Å². The van der Waals surface area contributed by atoms with Crippen molar-refractivity contribution in [1.82, 2.24) is 9.97 Å². The average Bonchev–Trinajstić information content (AvgIpc) is 2.22. The van der Waals surface area contributed by atoms with Crippen LogP contribution in [0.15, 0.2) is 0 Å². The van der Waals surface area contributed by atoms with E-state index in [1.54, 1.807) is 7.11 Å². The fourth-order valence-corrected chi connectivity index (χ4v) is 1.73. The molecule has 1 aromatic heterocycles. The molecule has 1 aromatic rings. The van der Waals surface area contributed by atoms with Gasteiger partial charge < -0.3 is 10.1 Å². The summed E-state index contributed by atoms with van der Waals surface area (Å²) in [6.07, 6.45) is 0.886. The van der Waals surface area contributed by atoms with Crippen molar-refractivity contribution in [3.05, 3.63) is 15.1 Å². The second-order valence-corrected chi connectivity index (χ2v) is 4.47. The molecule has 1 atom stereocenters. The molecule has 0 saturated heterocycles. The van der Waals surface area contributed by atoms with E-state index in [2.05, 4.69) is 37.9 Å². The predicted octanol–water partition coefficient (Wildman–Crippen LogP) is 2.01. The number of rotatable bonds is 4. The molecule has 1 N–H and O–H groups in total. The second-order valence-electron chi connectivity index (χ2n) is 3.39. The summed E-state index contributed by atoms with van der Waals surface area (Å²) in [5.41, 5.74) is 1.01. The van der Waals surface area contributed by atoms with Crippen LogP contribution in [0.5, 0.6) is 0 Å². The van der Waals surface area contributed by atoms with Gasteiger partial charge in [-0.05, 0) is 36.4 Å². The van der Waals surface area contributed by atoms with Crippen LogP contribution < -0.4 is 5.32 Å². The van der Waals surface area contributed by atoms with Crippen molar-refractivity contribution in [2.24, 2.45) is 0 Å². The van der Waals surface area contributed by atoms with Crippen molar-refractivity contribution in [2.45, 2.75) is 26.4 Å². The zero-order valence-electron chi connectivity index (χ0n) is 9.47. The molecule has 0 aliphatic rings. The van der Waals surface area contributed by atoms with Crippen LogP contribution in [0.25, 0.3) is 0 Å². The zero-order chi connectivity index (χ0) is 11.4. The van der Waals surface area contributed by atoms with E-state index in [1.165, 1.54) is 0 Å². The molecule has 5 heteroatoms. The van der Waals surface area contributed by atoms with Crippen molar-refractivity contribution in [3.63, 3.8) is 0 Å². The van der Waals surface area contributed by atoms with Gasteiger partial charge in [0, 0.05) is 20.6 Å². The Labute approximate surface area is 104 Å². The first-order chi connectivity index (χ1) is 7.08. The van der Waals surface area contributed by atoms with Crippen LogP contribution in [0.1, 0.15) is 18.4 Å². The van der Waals surface area contributed by atoms with Gasteiger partial charge in [0.25, 0.3) is 0 Å². The molecule has 1 unspecified atom stereocenters. The topological polar surface area (TPSA) is 47.0 Å². The molecular weight excluding hydrogens is 305 g/mol. The highest BCUT2D eigenvalue weighted by atomic mass is 127. The number of methoxy groups -OCH3 is 1. The third kappa shape index (κ3) is 3.27. The molecule has 84 valence electrons. The highest BCUT2D eigenvalue weighted by Gasteiger charge is 2.10. The molecule has 1 heterocycles. The van der Waals surface area contributed by atoms with Crippen molar-refractivity contribution in [1.29, 1.82) is 0 Å². The largest absolute Gasteiger partial charge is 0.381 e. The minimum absolute atomic E-state index is 0.147. The first-order valence-electron chi connectivity index (χ1n) is 4.82. The Kier molecular flexibility index (Phi) is 4.72. The van der Waals surface area contributed by atoms with Crippen LogP contribution in [-0.2, 0) is 11.2 Å². The molecule has 1 rings (SSSR count). The Balaban J connectivity index is 2.95. The number of aromatic nitrogens is 2. The smallest absolute Gasteiger partial charge is 0.143 e. The van der Waals surface area contributed by atoms with Crippen LogP contribution in [0.3, 0.4) is 0 Å². The van der Waals surface area contributed by atoms with Crippen LogP contribution >= 0.6 is 22.6 Å². The molecule has 4 nitrogen and oxygen atoms in total. The van der Waals surface area contributed by atoms with Crippen molar-refractivity contribution < 1.29 is 4.74 Å². The van der Waals surface area contributed by atoms with E-state index in [1.807, 2.05) is 20.9 Å². The summed E-state index contributed by atoms with van der Waals surface area (Å²) in [7, 11) is 3.57. The van der Waals surface area contributed by atoms with Gasteiger partial charge in [-0.2, -0.15) is 0 Å². The number of nitrogens with zero attached hydrogens (tertiary/aromatic N) is 2. The molecule has 0 bridgehead atoms. The summed E-state index contributed by atoms with van der Waals surface area (Å²) in [5, 5.41) is 3.07. The maximum absolute atomic E-state index is 5.20. The summed E-state index contributed by atoms with van der Waals surface area (Å²) in [4.78, 5) is 8.86. The van der Waals surface area contributed by atoms with Crippen LogP contribution in [-0.4, -0.2) is 30.2 Å². The van der Waals surface area contributed by atoms with Gasteiger partial charge in [-0.25, -0.2) is 9.97 Å². The summed E-state index contributed by atoms with van der Waals surface area (Å²) >= 11 is 2.25. The first kappa shape index (κ1) is 12.6. The molecule has 0 radical (unpaired) electrons. The fraction of sp³-hybridized carbons (Fsp3) is 0.600. The maximum Gasteiger partial charge on any atom is 0.143 e. The van der Waals surface area contributed by atoms with E-state index in [0.29, 0.717) is 0 Å². The molecule has 15 heavy (non-hydrogen) atoms. The number of hydrogen-bond donors (Lipinski definition) is 1. The second kappa shape index (κ2) is 5.60. The van der Waals surface area contributed by atoms with Crippen molar-refractivity contribution in [2.75, 3.05) is 19.5 Å². The number of halogens is 1. The molecule has 0 spiro atoms. The number of hydrogen-bond acceptors (Lipinski definition) is 4. The predicted molar refractivity (Wildman–Crippen MR) is 69.2 cm³/mol. The summed E-state index contributed by atoms with van der Waals surface area (Å²) in [6, 6.07) is 0. The van der Waals surface area contributed by atoms with Gasteiger partial charge in [0.1, 0.15) is 11.6 Å². The van der Waals surface area contributed by atoms with Gasteiger partial charge >= 0.3 is 0 Å². The Hall–Kier alpha value is -0.430. The quantitative estimate of drug-likeness (QED) is 0.862. The van der Waals surface area contributed by atoms with E-state index >= 15 is 0 Å². The van der Waals surface area contributed by atoms with Crippen molar-refractivity contribution >= 4 is 28.4 Å². The summed E-state index contributed by atoms with van der Waals surface area (Å²) < 4.78 is 6.27. The van der Waals surface area contributed by atoms with E-state index in [9.17, 15) is 0 Å². The Morgan fingerprint density at radius 2 is 2.13 bits per heavy atom. The lowest BCUT2D eigenvalue weighted by molar-refractivity contribution is 0.117. The Morgan fingerprint density at radius 3 is 2.67 bits per heavy atom. The molecule has 0 saturated carbocycles. The fourth-order valence-electron chi connectivity index (χ4n) is 1.21. The molecule has 0 amide bonds. The molecule has 0 aromatic carbocycles. The van der Waals surface area contributed by atoms with Gasteiger partial charge in [0.05, 0.1) is 15.4 Å². The number of nitrogens with one attached hydrogen (secondary N) is 1. The molecule has 0 fully saturated rings. The maximum atomic E-state index is 5.20. The lowest BCUT2D eigenvalue weighted by Gasteiger charge is -2.11. The minimum Gasteiger partial charge on any atom is -0.381 e. The average molecular weight is 321 g/mol. The lowest BCUT2D eigenvalue weighted by Crippen LogP contribution is -2.13. The number of anilines is 1. The van der Waals surface area contributed by atoms with E-state index < -0.39 is 0 Å². The first-order valence-corrected chi connectivity index (χ1v) is 5.90. The van der Waals surface area contributed by atoms with E-state index in [-0.39, 0.29) is 6.10 Å². The normalized spacial score (nSPS) is 12.6. The number of ether oxygens (including phenoxy) is 1. The van der Waals surface area contributed by atoms with Gasteiger partial charge in [0.2, 0.25) is 0 Å². The SMILES string of the molecule is CNc1nc(CC(C)OC)nc(C)c1I. The van der Waals surface area contributed by atoms with E-state index in [0.717, 1.165) is 27.3 Å². The van der Waals surface area contributed by atoms with E-state index in [4.69, 9.17) is 4.74 Å². The van der Waals surface area contributed by atoms with Gasteiger partial charge in [-0.3, -0.25) is 0 Å². The third-order valence-corrected chi connectivity index (χ3v) is 3.46. The third-order valence-electron chi connectivity index (χ3n) is 2.17. The highest BCUT2D eigenvalue weighted by molar-refractivity contribution is 14.1. The number of aryl methyl sites for hydroxylation is 1. The molecule has 0 aliphatic carbocycles. The standard InChI is InChI=1S/C10H16IN3O/c1-6(15-4)5-8-13-7(2)9(11)10(12-3)14-8/h6H,5H2,1-4H3,(H,12,13,14). The summed E-state index contributed by atoms with van der Waals surface area (Å²) in [6.45, 7) is 4.00. The van der Waals surface area contributed by atoms with Gasteiger partial charge in [-0.15, -0.1) is 0 Å². The summed E-state index contributed by atoms with van der Waals surface area (Å²) in [5.74, 6) is 1.72. The molecular formula is C10H16IN3O. The Morgan fingerprint density at radius 1 is 1.47 bits per heavy atom. The van der Waals surface area contributed by atoms with Crippen LogP contribution in [0, 0.1) is 10.5 Å². The van der Waals surface area contributed by atoms with Gasteiger partial charge in [0.15, 0.2) is 0 Å². The Bertz CT molecular complexity index is 344. The lowest BCUT2D eigenvalue weighted by atomic mass is 10.2. The van der Waals surface area contributed by atoms with Crippen molar-refractivity contribution in [3.8, 4) is 0 Å². The minimum atomic E-state index is 0.147. The van der Waals surface area contributed by atoms with Gasteiger partial charge in [-0.1, -0.05) is 0 Å². The zero-order valence-corrected chi connectivity index (χ0v) is 11.6. The monoisotopic (exact) mass is 321 g/mol. The highest BCUT2D eigenvalue weighted by Crippen LogP contribution is 2.18.